The fourth-order valence-corrected chi connectivity index (χ4v) is 2.76. The molecule has 0 saturated heterocycles. The first-order chi connectivity index (χ1) is 9.76. The molecule has 20 heavy (non-hydrogen) atoms. The Kier molecular flexibility index (Phi) is 5.95. The predicted octanol–water partition coefficient (Wildman–Crippen LogP) is 3.65. The van der Waals surface area contributed by atoms with Gasteiger partial charge in [-0.2, -0.15) is 0 Å². The van der Waals surface area contributed by atoms with Gasteiger partial charge in [-0.25, -0.2) is 9.97 Å². The molecule has 5 heteroatoms. The van der Waals surface area contributed by atoms with Gasteiger partial charge in [-0.05, 0) is 38.4 Å². The number of anilines is 2. The summed E-state index contributed by atoms with van der Waals surface area (Å²) < 4.78 is 0. The van der Waals surface area contributed by atoms with E-state index < -0.39 is 0 Å². The normalized spacial score (nSPS) is 14.9. The Balaban J connectivity index is 2.13. The largest absolute Gasteiger partial charge is 0.370 e. The molecule has 1 aromatic heterocycles. The average Bonchev–Trinajstić information content (AvgIpc) is 2.43. The molecular formula is C15H26N4S. The number of nitrogens with one attached hydrogen (secondary N) is 1. The van der Waals surface area contributed by atoms with Gasteiger partial charge >= 0.3 is 0 Å². The second-order valence-corrected chi connectivity index (χ2v) is 6.13. The number of nitrogens with zero attached hydrogens (tertiary/aromatic N) is 3. The van der Waals surface area contributed by atoms with E-state index in [4.69, 9.17) is 0 Å². The van der Waals surface area contributed by atoms with Gasteiger partial charge in [0.15, 0.2) is 5.16 Å². The number of rotatable bonds is 8. The molecule has 1 saturated carbocycles. The van der Waals surface area contributed by atoms with Crippen molar-refractivity contribution in [3.05, 3.63) is 6.07 Å². The number of thioether (sulfide) groups is 1. The van der Waals surface area contributed by atoms with Crippen molar-refractivity contribution in [2.75, 3.05) is 36.1 Å². The maximum atomic E-state index is 4.68. The average molecular weight is 294 g/mol. The van der Waals surface area contributed by atoms with E-state index in [1.165, 1.54) is 19.3 Å². The van der Waals surface area contributed by atoms with Gasteiger partial charge in [0.25, 0.3) is 0 Å². The summed E-state index contributed by atoms with van der Waals surface area (Å²) in [7, 11) is 0. The Bertz CT molecular complexity index is 420. The second kappa shape index (κ2) is 7.72. The van der Waals surface area contributed by atoms with Crippen LogP contribution in [0.3, 0.4) is 0 Å². The van der Waals surface area contributed by atoms with E-state index in [0.717, 1.165) is 48.8 Å². The maximum Gasteiger partial charge on any atom is 0.191 e. The lowest BCUT2D eigenvalue weighted by Gasteiger charge is -2.32. The van der Waals surface area contributed by atoms with Gasteiger partial charge in [0, 0.05) is 25.7 Å². The summed E-state index contributed by atoms with van der Waals surface area (Å²) in [5, 5.41) is 4.23. The zero-order valence-corrected chi connectivity index (χ0v) is 13.7. The Morgan fingerprint density at radius 2 is 2.15 bits per heavy atom. The molecular weight excluding hydrogens is 268 g/mol. The summed E-state index contributed by atoms with van der Waals surface area (Å²) in [6, 6.07) is 2.09. The van der Waals surface area contributed by atoms with Crippen molar-refractivity contribution in [1.29, 1.82) is 0 Å². The highest BCUT2D eigenvalue weighted by atomic mass is 32.2. The van der Waals surface area contributed by atoms with Crippen LogP contribution in [0.4, 0.5) is 11.6 Å². The lowest BCUT2D eigenvalue weighted by Crippen LogP contribution is -2.33. The highest BCUT2D eigenvalue weighted by Gasteiger charge is 2.21. The molecule has 0 atom stereocenters. The third kappa shape index (κ3) is 4.01. The topological polar surface area (TPSA) is 41.0 Å². The minimum absolute atomic E-state index is 0.855. The summed E-state index contributed by atoms with van der Waals surface area (Å²) >= 11 is 1.61. The minimum atomic E-state index is 0.855. The van der Waals surface area contributed by atoms with E-state index in [1.807, 2.05) is 6.26 Å². The van der Waals surface area contributed by atoms with Gasteiger partial charge in [0.05, 0.1) is 0 Å². The molecule has 0 aliphatic heterocycles. The predicted molar refractivity (Wildman–Crippen MR) is 87.8 cm³/mol. The summed E-state index contributed by atoms with van der Waals surface area (Å²) in [5.74, 6) is 2.88. The lowest BCUT2D eigenvalue weighted by molar-refractivity contribution is 0.318. The van der Waals surface area contributed by atoms with Gasteiger partial charge in [-0.15, -0.1) is 0 Å². The van der Waals surface area contributed by atoms with E-state index in [0.29, 0.717) is 0 Å². The maximum absolute atomic E-state index is 4.68. The van der Waals surface area contributed by atoms with E-state index in [9.17, 15) is 0 Å². The van der Waals surface area contributed by atoms with Crippen molar-refractivity contribution in [3.8, 4) is 0 Å². The Labute approximate surface area is 126 Å². The van der Waals surface area contributed by atoms with Crippen LogP contribution in [-0.4, -0.2) is 35.9 Å². The lowest BCUT2D eigenvalue weighted by atomic mass is 9.85. The molecule has 0 bridgehead atoms. The van der Waals surface area contributed by atoms with Gasteiger partial charge in [-0.3, -0.25) is 0 Å². The van der Waals surface area contributed by atoms with E-state index in [2.05, 4.69) is 40.1 Å². The zero-order valence-electron chi connectivity index (χ0n) is 12.9. The third-order valence-electron chi connectivity index (χ3n) is 3.84. The van der Waals surface area contributed by atoms with E-state index in [1.54, 1.807) is 11.8 Å². The first kappa shape index (κ1) is 15.4. The van der Waals surface area contributed by atoms with Crippen LogP contribution < -0.4 is 10.2 Å². The fourth-order valence-electron chi connectivity index (χ4n) is 2.38. The van der Waals surface area contributed by atoms with Crippen LogP contribution in [0, 0.1) is 5.92 Å². The molecule has 1 N–H and O–H groups in total. The van der Waals surface area contributed by atoms with E-state index >= 15 is 0 Å². The first-order valence-corrected chi connectivity index (χ1v) is 8.91. The van der Waals surface area contributed by atoms with Gasteiger partial charge < -0.3 is 10.2 Å². The molecule has 0 aromatic carbocycles. The van der Waals surface area contributed by atoms with Crippen LogP contribution in [0.2, 0.25) is 0 Å². The molecule has 1 heterocycles. The Hall–Kier alpha value is -0.970. The van der Waals surface area contributed by atoms with Crippen molar-refractivity contribution in [2.24, 2.45) is 5.92 Å². The van der Waals surface area contributed by atoms with Crippen LogP contribution in [-0.2, 0) is 0 Å². The van der Waals surface area contributed by atoms with Crippen LogP contribution in [0.1, 0.15) is 39.5 Å². The van der Waals surface area contributed by atoms with Crippen molar-refractivity contribution in [1.82, 2.24) is 9.97 Å². The van der Waals surface area contributed by atoms with Gasteiger partial charge in [-0.1, -0.05) is 25.1 Å². The molecule has 4 nitrogen and oxygen atoms in total. The molecule has 0 unspecified atom stereocenters. The number of hydrogen-bond donors (Lipinski definition) is 1. The Morgan fingerprint density at radius 1 is 1.35 bits per heavy atom. The zero-order chi connectivity index (χ0) is 14.4. The first-order valence-electron chi connectivity index (χ1n) is 7.68. The Morgan fingerprint density at radius 3 is 2.70 bits per heavy atom. The monoisotopic (exact) mass is 294 g/mol. The standard InChI is InChI=1S/C15H26N4S/c1-4-9-16-13-10-14(18-15(17-13)20-3)19(5-2)11-12-7-6-8-12/h10,12H,4-9,11H2,1-3H3,(H,16,17,18). The molecule has 0 amide bonds. The summed E-state index contributed by atoms with van der Waals surface area (Å²) in [4.78, 5) is 11.6. The van der Waals surface area contributed by atoms with Crippen molar-refractivity contribution in [2.45, 2.75) is 44.7 Å². The third-order valence-corrected chi connectivity index (χ3v) is 4.39. The van der Waals surface area contributed by atoms with Crippen LogP contribution in [0.15, 0.2) is 11.2 Å². The van der Waals surface area contributed by atoms with Crippen LogP contribution in [0.25, 0.3) is 0 Å². The highest BCUT2D eigenvalue weighted by molar-refractivity contribution is 7.98. The smallest absolute Gasteiger partial charge is 0.191 e. The molecule has 2 rings (SSSR count). The molecule has 0 radical (unpaired) electrons. The van der Waals surface area contributed by atoms with Crippen molar-refractivity contribution in [3.63, 3.8) is 0 Å². The molecule has 1 fully saturated rings. The summed E-state index contributed by atoms with van der Waals surface area (Å²) in [5.41, 5.74) is 0. The minimum Gasteiger partial charge on any atom is -0.370 e. The van der Waals surface area contributed by atoms with Crippen LogP contribution in [0.5, 0.6) is 0 Å². The van der Waals surface area contributed by atoms with Gasteiger partial charge in [0.2, 0.25) is 0 Å². The van der Waals surface area contributed by atoms with Crippen molar-refractivity contribution < 1.29 is 0 Å². The molecule has 0 spiro atoms. The quantitative estimate of drug-likeness (QED) is 0.585. The highest BCUT2D eigenvalue weighted by Crippen LogP contribution is 2.29. The fraction of sp³-hybridized carbons (Fsp3) is 0.733. The molecule has 1 aromatic rings. The van der Waals surface area contributed by atoms with Gasteiger partial charge in [0.1, 0.15) is 11.6 Å². The number of aromatic nitrogens is 2. The SMILES string of the molecule is CCCNc1cc(N(CC)CC2CCC2)nc(SC)n1. The number of hydrogen-bond acceptors (Lipinski definition) is 5. The molecule has 1 aliphatic carbocycles. The van der Waals surface area contributed by atoms with Crippen molar-refractivity contribution >= 4 is 23.4 Å². The summed E-state index contributed by atoms with van der Waals surface area (Å²) in [6.07, 6.45) is 7.28. The second-order valence-electron chi connectivity index (χ2n) is 5.36. The molecule has 1 aliphatic rings. The van der Waals surface area contributed by atoms with E-state index in [-0.39, 0.29) is 0 Å². The van der Waals surface area contributed by atoms with Crippen LogP contribution >= 0.6 is 11.8 Å². The summed E-state index contributed by atoms with van der Waals surface area (Å²) in [6.45, 7) is 7.47. The molecule has 112 valence electrons.